The van der Waals surface area contributed by atoms with Crippen LogP contribution in [0.15, 0.2) is 24.3 Å². The average molecular weight is 210 g/mol. The molecule has 0 aliphatic carbocycles. The molecular formula is C12H19FN2. The Bertz CT molecular complexity index is 301. The maximum absolute atomic E-state index is 13.6. The predicted octanol–water partition coefficient (Wildman–Crippen LogP) is 2.17. The lowest BCUT2D eigenvalue weighted by atomic mass is 10.0. The number of benzene rings is 1. The van der Waals surface area contributed by atoms with Crippen LogP contribution in [0, 0.1) is 5.82 Å². The van der Waals surface area contributed by atoms with Crippen molar-refractivity contribution in [2.75, 3.05) is 20.1 Å². The Morgan fingerprint density at radius 3 is 2.60 bits per heavy atom. The smallest absolute Gasteiger partial charge is 0.127 e. The molecular weight excluding hydrogens is 191 g/mol. The highest BCUT2D eigenvalue weighted by molar-refractivity contribution is 5.21. The molecule has 0 saturated heterocycles. The van der Waals surface area contributed by atoms with Gasteiger partial charge in [0.05, 0.1) is 0 Å². The minimum Gasteiger partial charge on any atom is -0.329 e. The third-order valence-electron chi connectivity index (χ3n) is 2.66. The number of likely N-dealkylation sites (N-methyl/N-ethyl adjacent to an activating group) is 1. The van der Waals surface area contributed by atoms with Crippen LogP contribution in [0.25, 0.3) is 0 Å². The van der Waals surface area contributed by atoms with Gasteiger partial charge < -0.3 is 5.73 Å². The molecule has 1 rings (SSSR count). The number of halogens is 1. The maximum Gasteiger partial charge on any atom is 0.127 e. The molecule has 0 heterocycles. The van der Waals surface area contributed by atoms with Gasteiger partial charge in [0.1, 0.15) is 5.82 Å². The third kappa shape index (κ3) is 3.01. The maximum atomic E-state index is 13.6. The molecule has 0 fully saturated rings. The molecule has 1 aromatic carbocycles. The number of hydrogen-bond donors (Lipinski definition) is 1. The van der Waals surface area contributed by atoms with Gasteiger partial charge in [0.25, 0.3) is 0 Å². The van der Waals surface area contributed by atoms with Crippen molar-refractivity contribution in [2.45, 2.75) is 19.4 Å². The fraction of sp³-hybridized carbons (Fsp3) is 0.500. The molecule has 0 radical (unpaired) electrons. The van der Waals surface area contributed by atoms with Crippen LogP contribution < -0.4 is 5.73 Å². The first-order chi connectivity index (χ1) is 7.20. The predicted molar refractivity (Wildman–Crippen MR) is 61.1 cm³/mol. The average Bonchev–Trinajstić information content (AvgIpc) is 2.22. The highest BCUT2D eigenvalue weighted by atomic mass is 19.1. The summed E-state index contributed by atoms with van der Waals surface area (Å²) in [6.45, 7) is 3.44. The van der Waals surface area contributed by atoms with Crippen LogP contribution in [0.2, 0.25) is 0 Å². The van der Waals surface area contributed by atoms with Gasteiger partial charge in [-0.1, -0.05) is 25.1 Å². The Kier molecular flexibility index (Phi) is 4.72. The van der Waals surface area contributed by atoms with Crippen molar-refractivity contribution in [1.29, 1.82) is 0 Å². The second kappa shape index (κ2) is 5.83. The van der Waals surface area contributed by atoms with Gasteiger partial charge in [0, 0.05) is 24.7 Å². The first-order valence-corrected chi connectivity index (χ1v) is 5.35. The van der Waals surface area contributed by atoms with Crippen LogP contribution in [-0.4, -0.2) is 25.0 Å². The first-order valence-electron chi connectivity index (χ1n) is 5.35. The number of hydrogen-bond acceptors (Lipinski definition) is 2. The minimum absolute atomic E-state index is 0.120. The highest BCUT2D eigenvalue weighted by Gasteiger charge is 2.17. The molecule has 0 bridgehead atoms. The zero-order chi connectivity index (χ0) is 11.3. The zero-order valence-corrected chi connectivity index (χ0v) is 9.41. The van der Waals surface area contributed by atoms with Gasteiger partial charge in [-0.3, -0.25) is 4.90 Å². The van der Waals surface area contributed by atoms with Crippen LogP contribution in [0.5, 0.6) is 0 Å². The molecule has 3 heteroatoms. The summed E-state index contributed by atoms with van der Waals surface area (Å²) >= 11 is 0. The molecule has 84 valence electrons. The summed E-state index contributed by atoms with van der Waals surface area (Å²) in [5, 5.41) is 0. The number of nitrogens with zero attached hydrogens (tertiary/aromatic N) is 1. The quantitative estimate of drug-likeness (QED) is 0.807. The monoisotopic (exact) mass is 210 g/mol. The molecule has 1 unspecified atom stereocenters. The van der Waals surface area contributed by atoms with E-state index in [0.29, 0.717) is 6.54 Å². The van der Waals surface area contributed by atoms with Crippen LogP contribution in [0.3, 0.4) is 0 Å². The van der Waals surface area contributed by atoms with Crippen molar-refractivity contribution < 1.29 is 4.39 Å². The summed E-state index contributed by atoms with van der Waals surface area (Å²) in [7, 11) is 1.98. The Labute approximate surface area is 90.9 Å². The van der Waals surface area contributed by atoms with Crippen molar-refractivity contribution in [2.24, 2.45) is 5.73 Å². The molecule has 1 aromatic rings. The molecule has 0 aromatic heterocycles. The lowest BCUT2D eigenvalue weighted by Crippen LogP contribution is -2.30. The van der Waals surface area contributed by atoms with E-state index >= 15 is 0 Å². The fourth-order valence-corrected chi connectivity index (χ4v) is 1.87. The van der Waals surface area contributed by atoms with Gasteiger partial charge in [0.15, 0.2) is 0 Å². The molecule has 0 saturated carbocycles. The van der Waals surface area contributed by atoms with Crippen molar-refractivity contribution >= 4 is 0 Å². The van der Waals surface area contributed by atoms with Crippen LogP contribution in [0.1, 0.15) is 24.9 Å². The van der Waals surface area contributed by atoms with Crippen molar-refractivity contribution in [1.82, 2.24) is 4.90 Å². The largest absolute Gasteiger partial charge is 0.329 e. The summed E-state index contributed by atoms with van der Waals surface area (Å²) in [5.41, 5.74) is 6.26. The Morgan fingerprint density at radius 1 is 1.40 bits per heavy atom. The summed E-state index contributed by atoms with van der Waals surface area (Å²) < 4.78 is 13.6. The van der Waals surface area contributed by atoms with Crippen molar-refractivity contribution in [3.63, 3.8) is 0 Å². The lowest BCUT2D eigenvalue weighted by molar-refractivity contribution is 0.240. The van der Waals surface area contributed by atoms with Crippen LogP contribution >= 0.6 is 0 Å². The molecule has 0 aliphatic heterocycles. The van der Waals surface area contributed by atoms with Crippen molar-refractivity contribution in [3.05, 3.63) is 35.6 Å². The summed E-state index contributed by atoms with van der Waals surface area (Å²) in [4.78, 5) is 2.10. The zero-order valence-electron chi connectivity index (χ0n) is 9.41. The van der Waals surface area contributed by atoms with E-state index in [9.17, 15) is 4.39 Å². The van der Waals surface area contributed by atoms with Crippen LogP contribution in [0.4, 0.5) is 4.39 Å². The highest BCUT2D eigenvalue weighted by Crippen LogP contribution is 2.24. The standard InChI is InChI=1S/C12H19FN2/c1-3-12(15(2)9-8-14)10-6-4-5-7-11(10)13/h4-7,12H,3,8-9,14H2,1-2H3. The molecule has 0 aliphatic rings. The second-order valence-corrected chi connectivity index (χ2v) is 3.71. The van der Waals surface area contributed by atoms with Gasteiger partial charge in [0.2, 0.25) is 0 Å². The SMILES string of the molecule is CCC(c1ccccc1F)N(C)CCN. The Hall–Kier alpha value is -0.930. The van der Waals surface area contributed by atoms with E-state index in [1.807, 2.05) is 19.2 Å². The fourth-order valence-electron chi connectivity index (χ4n) is 1.87. The molecule has 0 spiro atoms. The summed E-state index contributed by atoms with van der Waals surface area (Å²) in [5.74, 6) is -0.131. The van der Waals surface area contributed by atoms with E-state index in [-0.39, 0.29) is 11.9 Å². The summed E-state index contributed by atoms with van der Waals surface area (Å²) in [6, 6.07) is 7.06. The van der Waals surface area contributed by atoms with Gasteiger partial charge in [-0.25, -0.2) is 4.39 Å². The van der Waals surface area contributed by atoms with Gasteiger partial charge in [-0.05, 0) is 19.5 Å². The normalized spacial score (nSPS) is 13.1. The first kappa shape index (κ1) is 12.1. The van der Waals surface area contributed by atoms with Gasteiger partial charge >= 0.3 is 0 Å². The Balaban J connectivity index is 2.87. The van der Waals surface area contributed by atoms with Gasteiger partial charge in [-0.15, -0.1) is 0 Å². The lowest BCUT2D eigenvalue weighted by Gasteiger charge is -2.27. The number of rotatable bonds is 5. The minimum atomic E-state index is -0.131. The number of nitrogens with two attached hydrogens (primary N) is 1. The topological polar surface area (TPSA) is 29.3 Å². The van der Waals surface area contributed by atoms with E-state index in [0.717, 1.165) is 18.5 Å². The summed E-state index contributed by atoms with van der Waals surface area (Å²) in [6.07, 6.45) is 0.886. The molecule has 15 heavy (non-hydrogen) atoms. The van der Waals surface area contributed by atoms with E-state index in [2.05, 4.69) is 11.8 Å². The third-order valence-corrected chi connectivity index (χ3v) is 2.66. The van der Waals surface area contributed by atoms with E-state index in [4.69, 9.17) is 5.73 Å². The van der Waals surface area contributed by atoms with E-state index < -0.39 is 0 Å². The van der Waals surface area contributed by atoms with E-state index in [1.165, 1.54) is 6.07 Å². The van der Waals surface area contributed by atoms with Crippen molar-refractivity contribution in [3.8, 4) is 0 Å². The molecule has 2 N–H and O–H groups in total. The molecule has 2 nitrogen and oxygen atoms in total. The second-order valence-electron chi connectivity index (χ2n) is 3.71. The molecule has 0 amide bonds. The van der Waals surface area contributed by atoms with Crippen LogP contribution in [-0.2, 0) is 0 Å². The Morgan fingerprint density at radius 2 is 2.07 bits per heavy atom. The molecule has 1 atom stereocenters. The van der Waals surface area contributed by atoms with Gasteiger partial charge in [-0.2, -0.15) is 0 Å². The van der Waals surface area contributed by atoms with E-state index in [1.54, 1.807) is 6.07 Å².